The number of carboxylic acid groups (broad SMARTS) is 1. The largest absolute Gasteiger partial charge is 0.481 e. The molecule has 1 atom stereocenters. The lowest BCUT2D eigenvalue weighted by Crippen LogP contribution is -2.28. The van der Waals surface area contributed by atoms with E-state index in [1.165, 1.54) is 34.3 Å². The van der Waals surface area contributed by atoms with E-state index in [9.17, 15) is 14.9 Å². The minimum absolute atomic E-state index is 0.0812. The highest BCUT2D eigenvalue weighted by atomic mass is 33.1. The molecule has 1 amide bonds. The van der Waals surface area contributed by atoms with Gasteiger partial charge in [0.15, 0.2) is 0 Å². The van der Waals surface area contributed by atoms with Crippen LogP contribution in [0.2, 0.25) is 0 Å². The molecule has 0 rings (SSSR count). The molecule has 2 N–H and O–H groups in total. The van der Waals surface area contributed by atoms with Gasteiger partial charge < -0.3 is 10.4 Å². The van der Waals surface area contributed by atoms with Crippen molar-refractivity contribution in [3.8, 4) is 6.07 Å². The molecular weight excluding hydrogens is 405 g/mol. The average molecular weight is 427 g/mol. The zero-order chi connectivity index (χ0) is 18.4. The van der Waals surface area contributed by atoms with Crippen molar-refractivity contribution in [2.75, 3.05) is 23.8 Å². The highest BCUT2D eigenvalue weighted by Crippen LogP contribution is 2.34. The van der Waals surface area contributed by atoms with Crippen molar-refractivity contribution in [2.24, 2.45) is 0 Å². The van der Waals surface area contributed by atoms with Gasteiger partial charge in [0, 0.05) is 24.5 Å². The number of carboxylic acids is 1. The molecular formula is C14H22N2O3S5. The molecule has 0 aliphatic rings. The van der Waals surface area contributed by atoms with Crippen molar-refractivity contribution in [1.82, 2.24) is 5.32 Å². The van der Waals surface area contributed by atoms with Crippen LogP contribution >= 0.6 is 57.3 Å². The predicted molar refractivity (Wildman–Crippen MR) is 112 cm³/mol. The first-order valence-electron chi connectivity index (χ1n) is 7.33. The Morgan fingerprint density at radius 3 is 2.54 bits per heavy atom. The van der Waals surface area contributed by atoms with Gasteiger partial charge in [-0.25, -0.2) is 0 Å². The minimum atomic E-state index is -0.799. The molecule has 0 radical (unpaired) electrons. The number of nitrogens with zero attached hydrogens (tertiary/aromatic N) is 1. The third-order valence-electron chi connectivity index (χ3n) is 2.63. The van der Waals surface area contributed by atoms with E-state index in [1.807, 2.05) is 13.8 Å². The van der Waals surface area contributed by atoms with Crippen LogP contribution in [0.25, 0.3) is 0 Å². The van der Waals surface area contributed by atoms with Crippen LogP contribution in [0.1, 0.15) is 33.1 Å². The molecule has 0 aliphatic heterocycles. The third kappa shape index (κ3) is 13.2. The molecule has 0 heterocycles. The van der Waals surface area contributed by atoms with Crippen LogP contribution < -0.4 is 5.32 Å². The minimum Gasteiger partial charge on any atom is -0.481 e. The summed E-state index contributed by atoms with van der Waals surface area (Å²) in [5, 5.41) is 20.6. The van der Waals surface area contributed by atoms with E-state index < -0.39 is 10.7 Å². The van der Waals surface area contributed by atoms with Crippen LogP contribution in [-0.2, 0) is 9.59 Å². The second-order valence-electron chi connectivity index (χ2n) is 4.77. The standard InChI is InChI=1S/C14H22N2O3S5/c1-3-21-13(20)24-14(2,10-15)6-4-11(17)16-7-9-23-22-8-5-12(18)19/h3-9H2,1-2H3,(H,16,17)(H,18,19). The number of rotatable bonds is 12. The molecule has 24 heavy (non-hydrogen) atoms. The number of carbonyl (C=O) groups excluding carboxylic acids is 1. The van der Waals surface area contributed by atoms with Crippen LogP contribution in [0.15, 0.2) is 0 Å². The number of thiocarbonyl (C=S) groups is 1. The normalized spacial score (nSPS) is 12.9. The smallest absolute Gasteiger partial charge is 0.304 e. The molecule has 0 saturated heterocycles. The Morgan fingerprint density at radius 1 is 1.29 bits per heavy atom. The summed E-state index contributed by atoms with van der Waals surface area (Å²) in [5.41, 5.74) is 0. The number of nitrogens with one attached hydrogen (secondary N) is 1. The topological polar surface area (TPSA) is 90.2 Å². The van der Waals surface area contributed by atoms with Crippen molar-refractivity contribution >= 4 is 72.7 Å². The van der Waals surface area contributed by atoms with E-state index in [0.717, 1.165) is 15.0 Å². The van der Waals surface area contributed by atoms with E-state index in [-0.39, 0.29) is 18.7 Å². The van der Waals surface area contributed by atoms with E-state index in [0.29, 0.717) is 18.7 Å². The second kappa shape index (κ2) is 14.1. The number of thioether (sulfide) groups is 2. The first-order valence-corrected chi connectivity index (χ1v) is 12.0. The number of nitriles is 1. The van der Waals surface area contributed by atoms with Crippen molar-refractivity contribution in [2.45, 2.75) is 37.9 Å². The summed E-state index contributed by atoms with van der Waals surface area (Å²) in [4.78, 5) is 22.2. The van der Waals surface area contributed by atoms with Crippen molar-refractivity contribution in [3.05, 3.63) is 0 Å². The maximum atomic E-state index is 11.8. The molecule has 0 aromatic rings. The SMILES string of the molecule is CCSC(=S)SC(C)(C#N)CCC(=O)NCCSSCCC(=O)O. The fourth-order valence-electron chi connectivity index (χ4n) is 1.38. The number of hydrogen-bond donors (Lipinski definition) is 2. The van der Waals surface area contributed by atoms with Gasteiger partial charge in [-0.15, -0.1) is 11.8 Å². The Labute approximate surface area is 165 Å². The van der Waals surface area contributed by atoms with Crippen LogP contribution in [0.3, 0.4) is 0 Å². The maximum absolute atomic E-state index is 11.8. The number of amides is 1. The quantitative estimate of drug-likeness (QED) is 0.275. The van der Waals surface area contributed by atoms with Crippen LogP contribution in [0.5, 0.6) is 0 Å². The van der Waals surface area contributed by atoms with Crippen molar-refractivity contribution in [3.63, 3.8) is 0 Å². The monoisotopic (exact) mass is 426 g/mol. The number of hydrogen-bond acceptors (Lipinski definition) is 8. The summed E-state index contributed by atoms with van der Waals surface area (Å²) in [6, 6.07) is 2.25. The fourth-order valence-corrected chi connectivity index (χ4v) is 6.17. The maximum Gasteiger partial charge on any atom is 0.304 e. The molecule has 1 unspecified atom stereocenters. The second-order valence-corrected chi connectivity index (χ2v) is 11.4. The molecule has 10 heteroatoms. The molecule has 0 saturated carbocycles. The number of carbonyl (C=O) groups is 2. The van der Waals surface area contributed by atoms with E-state index in [2.05, 4.69) is 11.4 Å². The van der Waals surface area contributed by atoms with Crippen LogP contribution in [-0.4, -0.2) is 49.1 Å². The Morgan fingerprint density at radius 2 is 1.96 bits per heavy atom. The molecule has 0 fully saturated rings. The molecule has 136 valence electrons. The van der Waals surface area contributed by atoms with Gasteiger partial charge in [0.05, 0.1) is 12.5 Å². The van der Waals surface area contributed by atoms with Crippen LogP contribution in [0.4, 0.5) is 0 Å². The average Bonchev–Trinajstić information content (AvgIpc) is 2.52. The summed E-state index contributed by atoms with van der Waals surface area (Å²) in [5.74, 6) is 1.27. The van der Waals surface area contributed by atoms with Crippen LogP contribution in [0, 0.1) is 11.3 Å². The molecule has 0 aliphatic carbocycles. The van der Waals surface area contributed by atoms with Gasteiger partial charge in [0.25, 0.3) is 0 Å². The lowest BCUT2D eigenvalue weighted by molar-refractivity contribution is -0.136. The Bertz CT molecular complexity index is 470. The molecule has 0 spiro atoms. The highest BCUT2D eigenvalue weighted by molar-refractivity contribution is 8.76. The Hall–Kier alpha value is -0.0800. The predicted octanol–water partition coefficient (Wildman–Crippen LogP) is 3.79. The third-order valence-corrected chi connectivity index (χ3v) is 7.68. The van der Waals surface area contributed by atoms with Gasteiger partial charge in [0.1, 0.15) is 8.28 Å². The lowest BCUT2D eigenvalue weighted by Gasteiger charge is -2.20. The fraction of sp³-hybridized carbons (Fsp3) is 0.714. The van der Waals surface area contributed by atoms with Gasteiger partial charge in [-0.2, -0.15) is 5.26 Å². The summed E-state index contributed by atoms with van der Waals surface area (Å²) >= 11 is 8.10. The summed E-state index contributed by atoms with van der Waals surface area (Å²) in [6.07, 6.45) is 0.880. The Balaban J connectivity index is 3.88. The van der Waals surface area contributed by atoms with E-state index in [1.54, 1.807) is 10.8 Å². The summed E-state index contributed by atoms with van der Waals surface area (Å²) in [7, 11) is 3.03. The Kier molecular flexibility index (Phi) is 14.1. The van der Waals surface area contributed by atoms with Gasteiger partial charge in [-0.3, -0.25) is 9.59 Å². The first kappa shape index (κ1) is 23.9. The lowest BCUT2D eigenvalue weighted by atomic mass is 10.1. The molecule has 0 aromatic carbocycles. The summed E-state index contributed by atoms with van der Waals surface area (Å²) in [6.45, 7) is 4.35. The van der Waals surface area contributed by atoms with Crippen molar-refractivity contribution < 1.29 is 14.7 Å². The number of aliphatic carboxylic acids is 1. The van der Waals surface area contributed by atoms with E-state index in [4.69, 9.17) is 17.3 Å². The van der Waals surface area contributed by atoms with E-state index >= 15 is 0 Å². The zero-order valence-electron chi connectivity index (χ0n) is 13.7. The molecule has 0 bridgehead atoms. The zero-order valence-corrected chi connectivity index (χ0v) is 17.8. The summed E-state index contributed by atoms with van der Waals surface area (Å²) < 4.78 is 0.0506. The van der Waals surface area contributed by atoms with Gasteiger partial charge >= 0.3 is 5.97 Å². The first-order chi connectivity index (χ1) is 11.3. The van der Waals surface area contributed by atoms with Gasteiger partial charge in [-0.1, -0.05) is 52.5 Å². The highest BCUT2D eigenvalue weighted by Gasteiger charge is 2.27. The van der Waals surface area contributed by atoms with Gasteiger partial charge in [0.2, 0.25) is 5.91 Å². The van der Waals surface area contributed by atoms with Gasteiger partial charge in [-0.05, 0) is 19.1 Å². The molecule has 5 nitrogen and oxygen atoms in total. The van der Waals surface area contributed by atoms with Crippen molar-refractivity contribution in [1.29, 1.82) is 5.26 Å². The molecule has 0 aromatic heterocycles.